The molecule has 0 aromatic heterocycles. The van der Waals surface area contributed by atoms with Crippen molar-refractivity contribution in [2.45, 2.75) is 93.4 Å². The third-order valence-corrected chi connectivity index (χ3v) is 12.4. The number of hydrogen-bond donors (Lipinski definition) is 0. The molecule has 0 amide bonds. The summed E-state index contributed by atoms with van der Waals surface area (Å²) in [6.45, 7) is 23.0. The maximum Gasteiger partial charge on any atom is 0.312 e. The molecule has 0 N–H and O–H groups in total. The topological polar surface area (TPSA) is 64.8 Å². The number of nitrogens with zero attached hydrogens (tertiary/aromatic N) is 1. The number of ketones is 2. The van der Waals surface area contributed by atoms with E-state index in [0.29, 0.717) is 0 Å². The van der Waals surface area contributed by atoms with Gasteiger partial charge in [0.1, 0.15) is 0 Å². The van der Waals surface area contributed by atoms with E-state index in [2.05, 4.69) is 39.5 Å². The normalized spacial score (nSPS) is 45.6. The van der Waals surface area contributed by atoms with Gasteiger partial charge in [-0.05, 0) is 79.1 Å². The van der Waals surface area contributed by atoms with Gasteiger partial charge < -0.3 is 9.53 Å². The molecule has 5 aliphatic rings. The van der Waals surface area contributed by atoms with Gasteiger partial charge in [0.25, 0.3) is 0 Å². The van der Waals surface area contributed by atoms with Crippen molar-refractivity contribution in [2.24, 2.45) is 50.2 Å². The van der Waals surface area contributed by atoms with Crippen LogP contribution in [0.15, 0.2) is 23.4 Å². The zero-order valence-corrected chi connectivity index (χ0v) is 23.9. The molecular formula is C32H43NO4. The van der Waals surface area contributed by atoms with E-state index in [0.717, 1.165) is 50.5 Å². The van der Waals surface area contributed by atoms with Gasteiger partial charge in [0.05, 0.1) is 19.1 Å². The highest BCUT2D eigenvalue weighted by Gasteiger charge is 2.71. The van der Waals surface area contributed by atoms with Crippen LogP contribution in [0.4, 0.5) is 0 Å². The molecule has 5 rings (SSSR count). The lowest BCUT2D eigenvalue weighted by Crippen LogP contribution is -2.65. The second-order valence-electron chi connectivity index (χ2n) is 14.9. The summed E-state index contributed by atoms with van der Waals surface area (Å²) in [5.41, 5.74) is -0.989. The Morgan fingerprint density at radius 1 is 1.00 bits per heavy atom. The van der Waals surface area contributed by atoms with Gasteiger partial charge in [0.15, 0.2) is 11.6 Å². The summed E-state index contributed by atoms with van der Waals surface area (Å²) in [7, 11) is 1.49. The van der Waals surface area contributed by atoms with E-state index in [1.807, 2.05) is 26.0 Å². The second-order valence-corrected chi connectivity index (χ2v) is 14.9. The van der Waals surface area contributed by atoms with E-state index in [1.54, 1.807) is 0 Å². The van der Waals surface area contributed by atoms with Crippen molar-refractivity contribution in [1.82, 2.24) is 0 Å². The Hall–Kier alpha value is -2.22. The van der Waals surface area contributed by atoms with Crippen LogP contribution >= 0.6 is 0 Å². The number of ether oxygens (including phenoxy) is 1. The molecule has 0 spiro atoms. The Morgan fingerprint density at radius 3 is 2.27 bits per heavy atom. The molecule has 37 heavy (non-hydrogen) atoms. The molecule has 0 bridgehead atoms. The first kappa shape index (κ1) is 26.4. The van der Waals surface area contributed by atoms with Crippen LogP contribution in [-0.2, 0) is 19.1 Å². The Balaban J connectivity index is 1.71. The molecule has 0 aromatic carbocycles. The van der Waals surface area contributed by atoms with Gasteiger partial charge in [0.2, 0.25) is 5.70 Å². The lowest BCUT2D eigenvalue weighted by Gasteiger charge is -2.68. The number of fused-ring (bicyclic) bond motifs is 7. The van der Waals surface area contributed by atoms with E-state index < -0.39 is 16.2 Å². The summed E-state index contributed by atoms with van der Waals surface area (Å²) in [5.74, 6) is -0.345. The number of allylic oxidation sites excluding steroid dienone is 4. The summed E-state index contributed by atoms with van der Waals surface area (Å²) in [5, 5.41) is 0. The minimum absolute atomic E-state index is 0.0386. The number of carbonyl (C=O) groups is 3. The largest absolute Gasteiger partial charge is 0.469 e. The highest BCUT2D eigenvalue weighted by molar-refractivity contribution is 6.03. The zero-order chi connectivity index (χ0) is 27.4. The van der Waals surface area contributed by atoms with Gasteiger partial charge in [-0.15, -0.1) is 0 Å². The molecule has 0 aromatic rings. The first-order chi connectivity index (χ1) is 17.0. The fraction of sp³-hybridized carbons (Fsp3) is 0.750. The fourth-order valence-electron chi connectivity index (χ4n) is 10.2. The third-order valence-electron chi connectivity index (χ3n) is 12.4. The van der Waals surface area contributed by atoms with Gasteiger partial charge >= 0.3 is 5.97 Å². The zero-order valence-electron chi connectivity index (χ0n) is 23.9. The molecule has 200 valence electrons. The smallest absolute Gasteiger partial charge is 0.312 e. The van der Waals surface area contributed by atoms with Crippen LogP contribution in [0.1, 0.15) is 93.4 Å². The Labute approximate surface area is 222 Å². The number of Topliss-reactive ketones (excluding diaryl/α,β-unsaturated/α-hetero) is 1. The summed E-state index contributed by atoms with van der Waals surface area (Å²) in [6.07, 6.45) is 9.69. The summed E-state index contributed by atoms with van der Waals surface area (Å²) in [4.78, 5) is 44.6. The third kappa shape index (κ3) is 3.11. The van der Waals surface area contributed by atoms with Crippen LogP contribution in [0, 0.1) is 56.8 Å². The van der Waals surface area contributed by atoms with Gasteiger partial charge in [0, 0.05) is 16.7 Å². The second kappa shape index (κ2) is 7.67. The molecule has 5 aliphatic carbocycles. The number of rotatable bonds is 1. The average Bonchev–Trinajstić information content (AvgIpc) is 2.82. The predicted octanol–water partition coefficient (Wildman–Crippen LogP) is 6.73. The first-order valence-corrected chi connectivity index (χ1v) is 14.0. The Morgan fingerprint density at radius 2 is 1.65 bits per heavy atom. The molecule has 5 heteroatoms. The van der Waals surface area contributed by atoms with Crippen LogP contribution in [0.5, 0.6) is 0 Å². The van der Waals surface area contributed by atoms with Crippen molar-refractivity contribution in [2.75, 3.05) is 7.11 Å². The number of esters is 1. The molecule has 5 nitrogen and oxygen atoms in total. The monoisotopic (exact) mass is 505 g/mol. The molecule has 0 aliphatic heterocycles. The Bertz CT molecular complexity index is 1200. The molecular weight excluding hydrogens is 462 g/mol. The van der Waals surface area contributed by atoms with Gasteiger partial charge in [-0.2, -0.15) is 0 Å². The van der Waals surface area contributed by atoms with E-state index in [1.165, 1.54) is 7.11 Å². The van der Waals surface area contributed by atoms with Crippen molar-refractivity contribution in [3.05, 3.63) is 34.8 Å². The maximum atomic E-state index is 14.4. The highest BCUT2D eigenvalue weighted by Crippen LogP contribution is 2.74. The first-order valence-electron chi connectivity index (χ1n) is 14.0. The number of methoxy groups -OCH3 is 1. The standard InChI is InChI=1S/C32H43NO4/c1-27(2)12-14-32(26(36)37-9)15-13-31(7)24(19(32)17-27)21(34)16-23-29(5)18-20(33-8)25(35)28(3,4)22(29)10-11-30(23,31)6/h16,18-19,22,24H,10-15,17H2,1-7,9H3/t19-,22-,24-,29-,30+,31+,32-/m0/s1. The van der Waals surface area contributed by atoms with Crippen molar-refractivity contribution in [3.8, 4) is 0 Å². The lowest BCUT2D eigenvalue weighted by atomic mass is 9.34. The molecule has 0 saturated heterocycles. The Kier molecular flexibility index (Phi) is 5.47. The van der Waals surface area contributed by atoms with E-state index in [4.69, 9.17) is 11.3 Å². The quantitative estimate of drug-likeness (QED) is 0.293. The lowest BCUT2D eigenvalue weighted by molar-refractivity contribution is -0.191. The molecule has 0 heterocycles. The van der Waals surface area contributed by atoms with E-state index >= 15 is 0 Å². The molecule has 7 atom stereocenters. The number of carbonyl (C=O) groups excluding carboxylic acids is 3. The van der Waals surface area contributed by atoms with Crippen LogP contribution in [0.25, 0.3) is 4.85 Å². The summed E-state index contributed by atoms with van der Waals surface area (Å²) >= 11 is 0. The van der Waals surface area contributed by atoms with Crippen LogP contribution in [0.2, 0.25) is 0 Å². The molecule has 3 saturated carbocycles. The minimum Gasteiger partial charge on any atom is -0.469 e. The van der Waals surface area contributed by atoms with Crippen molar-refractivity contribution in [1.29, 1.82) is 0 Å². The highest BCUT2D eigenvalue weighted by atomic mass is 16.5. The molecule has 0 unspecified atom stereocenters. The molecule has 0 radical (unpaired) electrons. The summed E-state index contributed by atoms with van der Waals surface area (Å²) < 4.78 is 5.41. The van der Waals surface area contributed by atoms with Crippen molar-refractivity contribution < 1.29 is 19.1 Å². The number of hydrogen-bond acceptors (Lipinski definition) is 4. The van der Waals surface area contributed by atoms with Crippen LogP contribution in [0.3, 0.4) is 0 Å². The maximum absolute atomic E-state index is 14.4. The van der Waals surface area contributed by atoms with Gasteiger partial charge in [-0.1, -0.05) is 60.1 Å². The molecule has 3 fully saturated rings. The summed E-state index contributed by atoms with van der Waals surface area (Å²) in [6, 6.07) is 0. The van der Waals surface area contributed by atoms with Crippen molar-refractivity contribution >= 4 is 17.5 Å². The average molecular weight is 506 g/mol. The SMILES string of the molecule is [C-]#[N+]C1=C[C@]2(C)C3=CC(=O)[C@@H]4[C@@H]5CC(C)(C)CC[C@]5(C(=O)OC)CC[C@@]4(C)[C@]3(C)CC[C@H]2C(C)(C)C1=O. The van der Waals surface area contributed by atoms with E-state index in [-0.39, 0.29) is 57.2 Å². The van der Waals surface area contributed by atoms with E-state index in [9.17, 15) is 14.4 Å². The van der Waals surface area contributed by atoms with Gasteiger partial charge in [-0.25, -0.2) is 4.85 Å². The minimum atomic E-state index is -0.660. The van der Waals surface area contributed by atoms with Crippen LogP contribution < -0.4 is 0 Å². The van der Waals surface area contributed by atoms with Gasteiger partial charge in [-0.3, -0.25) is 9.59 Å². The van der Waals surface area contributed by atoms with Crippen molar-refractivity contribution in [3.63, 3.8) is 0 Å². The fourth-order valence-corrected chi connectivity index (χ4v) is 10.2. The van der Waals surface area contributed by atoms with Crippen LogP contribution in [-0.4, -0.2) is 24.6 Å². The predicted molar refractivity (Wildman–Crippen MR) is 142 cm³/mol.